The van der Waals surface area contributed by atoms with Crippen molar-refractivity contribution in [1.29, 1.82) is 0 Å². The molecule has 0 bridgehead atoms. The van der Waals surface area contributed by atoms with Gasteiger partial charge in [0.25, 0.3) is 0 Å². The van der Waals surface area contributed by atoms with Crippen molar-refractivity contribution in [3.05, 3.63) is 88.1 Å². The number of fused-ring (bicyclic) bond motifs is 1. The van der Waals surface area contributed by atoms with Crippen LogP contribution >= 0.6 is 11.6 Å². The molecule has 0 unspecified atom stereocenters. The number of allylic oxidation sites excluding steroid dienone is 1. The summed E-state index contributed by atoms with van der Waals surface area (Å²) in [7, 11) is 0. The molecular weight excluding hydrogens is 446 g/mol. The zero-order valence-corrected chi connectivity index (χ0v) is 20.8. The average molecular weight is 474 g/mol. The summed E-state index contributed by atoms with van der Waals surface area (Å²) < 4.78 is 11.8. The van der Waals surface area contributed by atoms with Crippen molar-refractivity contribution in [2.75, 3.05) is 11.9 Å². The number of aryl methyl sites for hydroxylation is 3. The van der Waals surface area contributed by atoms with E-state index in [2.05, 4.69) is 37.4 Å². The van der Waals surface area contributed by atoms with E-state index in [9.17, 15) is 4.79 Å². The number of furan rings is 1. The highest BCUT2D eigenvalue weighted by Gasteiger charge is 2.16. The highest BCUT2D eigenvalue weighted by molar-refractivity contribution is 6.31. The van der Waals surface area contributed by atoms with Crippen LogP contribution in [0.3, 0.4) is 0 Å². The van der Waals surface area contributed by atoms with Gasteiger partial charge < -0.3 is 14.5 Å². The molecule has 0 radical (unpaired) electrons. The summed E-state index contributed by atoms with van der Waals surface area (Å²) in [5.41, 5.74) is 8.52. The fraction of sp³-hybridized carbons (Fsp3) is 0.207. The second-order valence-electron chi connectivity index (χ2n) is 8.53. The van der Waals surface area contributed by atoms with Crippen LogP contribution in [-0.4, -0.2) is 12.5 Å². The molecule has 0 atom stereocenters. The summed E-state index contributed by atoms with van der Waals surface area (Å²) in [6, 6.07) is 15.8. The first-order valence-electron chi connectivity index (χ1n) is 11.3. The maximum atomic E-state index is 12.8. The normalized spacial score (nSPS) is 11.6. The van der Waals surface area contributed by atoms with Gasteiger partial charge in [-0.05, 0) is 75.1 Å². The van der Waals surface area contributed by atoms with Gasteiger partial charge >= 0.3 is 0 Å². The lowest BCUT2D eigenvalue weighted by Crippen LogP contribution is -2.09. The minimum Gasteiger partial charge on any atom is -0.493 e. The molecule has 0 fully saturated rings. The molecule has 1 amide bonds. The van der Waals surface area contributed by atoms with Gasteiger partial charge in [0, 0.05) is 39.4 Å². The molecule has 5 heteroatoms. The van der Waals surface area contributed by atoms with E-state index in [-0.39, 0.29) is 5.91 Å². The molecule has 0 saturated heterocycles. The molecule has 4 aromatic rings. The lowest BCUT2D eigenvalue weighted by Gasteiger charge is -2.12. The van der Waals surface area contributed by atoms with E-state index in [1.807, 2.05) is 45.0 Å². The first kappa shape index (κ1) is 23.7. The predicted molar refractivity (Wildman–Crippen MR) is 141 cm³/mol. The number of amides is 1. The van der Waals surface area contributed by atoms with Crippen LogP contribution in [0.5, 0.6) is 5.75 Å². The number of rotatable bonds is 6. The van der Waals surface area contributed by atoms with Gasteiger partial charge in [-0.25, -0.2) is 0 Å². The van der Waals surface area contributed by atoms with Gasteiger partial charge in [0.2, 0.25) is 5.91 Å². The van der Waals surface area contributed by atoms with Crippen LogP contribution in [-0.2, 0) is 4.79 Å². The molecule has 174 valence electrons. The third kappa shape index (κ3) is 4.87. The lowest BCUT2D eigenvalue weighted by atomic mass is 9.96. The molecule has 0 spiro atoms. The van der Waals surface area contributed by atoms with Crippen LogP contribution in [0, 0.1) is 20.8 Å². The highest BCUT2D eigenvalue weighted by Crippen LogP contribution is 2.38. The molecule has 1 heterocycles. The van der Waals surface area contributed by atoms with Crippen molar-refractivity contribution in [1.82, 2.24) is 0 Å². The Bertz CT molecular complexity index is 1410. The van der Waals surface area contributed by atoms with Gasteiger partial charge in [-0.2, -0.15) is 0 Å². The van der Waals surface area contributed by atoms with Crippen molar-refractivity contribution < 1.29 is 13.9 Å². The Morgan fingerprint density at radius 1 is 1.03 bits per heavy atom. The summed E-state index contributed by atoms with van der Waals surface area (Å²) in [5.74, 6) is 0.443. The van der Waals surface area contributed by atoms with Crippen LogP contribution in [0.2, 0.25) is 5.02 Å². The molecular formula is C29H28ClNO3. The number of hydrogen-bond donors (Lipinski definition) is 1. The topological polar surface area (TPSA) is 51.5 Å². The average Bonchev–Trinajstić information content (AvgIpc) is 3.18. The molecule has 4 rings (SSSR count). The Morgan fingerprint density at radius 3 is 2.53 bits per heavy atom. The number of carbonyl (C=O) groups is 1. The first-order valence-corrected chi connectivity index (χ1v) is 11.7. The third-order valence-corrected chi connectivity index (χ3v) is 6.27. The smallest absolute Gasteiger partial charge is 0.248 e. The Balaban J connectivity index is 1.74. The quantitative estimate of drug-likeness (QED) is 0.287. The van der Waals surface area contributed by atoms with Gasteiger partial charge in [-0.15, -0.1) is 0 Å². The van der Waals surface area contributed by atoms with Gasteiger partial charge in [-0.3, -0.25) is 4.79 Å². The number of nitrogens with one attached hydrogen (secondary N) is 1. The fourth-order valence-electron chi connectivity index (χ4n) is 4.09. The van der Waals surface area contributed by atoms with E-state index in [4.69, 9.17) is 20.8 Å². The SMILES string of the molecule is CCOc1cc2occ(-c3ccc(C)cc3C)c2cc1/C(C)=C/C(=O)Nc1ccc(C)c(Cl)c1. The molecule has 0 aliphatic heterocycles. The minimum absolute atomic E-state index is 0.234. The first-order chi connectivity index (χ1) is 16.3. The van der Waals surface area contributed by atoms with Gasteiger partial charge in [0.1, 0.15) is 11.3 Å². The lowest BCUT2D eigenvalue weighted by molar-refractivity contribution is -0.111. The van der Waals surface area contributed by atoms with E-state index in [0.717, 1.165) is 38.8 Å². The molecule has 0 aliphatic carbocycles. The fourth-order valence-corrected chi connectivity index (χ4v) is 4.27. The second kappa shape index (κ2) is 9.78. The standard InChI is InChI=1S/C29H28ClNO3/c1-6-33-27-15-28-24(25(16-34-28)22-10-7-17(2)11-19(22)4)14-23(27)20(5)12-29(32)31-21-9-8-18(3)26(30)13-21/h7-16H,6H2,1-5H3,(H,31,32)/b20-12+. The molecule has 1 N–H and O–H groups in total. The Kier molecular flexibility index (Phi) is 6.80. The van der Waals surface area contributed by atoms with Gasteiger partial charge in [-0.1, -0.05) is 41.4 Å². The number of halogens is 1. The Labute approximate surface area is 205 Å². The number of benzene rings is 3. The second-order valence-corrected chi connectivity index (χ2v) is 8.93. The van der Waals surface area contributed by atoms with Crippen molar-refractivity contribution in [3.63, 3.8) is 0 Å². The Hall–Kier alpha value is -3.50. The number of carbonyl (C=O) groups excluding carboxylic acids is 1. The van der Waals surface area contributed by atoms with Crippen molar-refractivity contribution in [2.24, 2.45) is 0 Å². The van der Waals surface area contributed by atoms with E-state index in [1.54, 1.807) is 18.4 Å². The summed E-state index contributed by atoms with van der Waals surface area (Å²) in [5, 5.41) is 4.47. The van der Waals surface area contributed by atoms with Crippen LogP contribution < -0.4 is 10.1 Å². The zero-order valence-electron chi connectivity index (χ0n) is 20.1. The van der Waals surface area contributed by atoms with E-state index in [1.165, 1.54) is 11.1 Å². The van der Waals surface area contributed by atoms with Crippen molar-refractivity contribution in [2.45, 2.75) is 34.6 Å². The predicted octanol–water partition coefficient (Wildman–Crippen LogP) is 8.12. The van der Waals surface area contributed by atoms with Gasteiger partial charge in [0.05, 0.1) is 12.9 Å². The third-order valence-electron chi connectivity index (χ3n) is 5.86. The maximum absolute atomic E-state index is 12.8. The summed E-state index contributed by atoms with van der Waals surface area (Å²) >= 11 is 6.19. The van der Waals surface area contributed by atoms with Crippen LogP contribution in [0.1, 0.15) is 36.1 Å². The molecule has 4 nitrogen and oxygen atoms in total. The molecule has 1 aromatic heterocycles. The highest BCUT2D eigenvalue weighted by atomic mass is 35.5. The zero-order chi connectivity index (χ0) is 24.4. The van der Waals surface area contributed by atoms with Crippen LogP contribution in [0.4, 0.5) is 5.69 Å². The minimum atomic E-state index is -0.234. The van der Waals surface area contributed by atoms with E-state index in [0.29, 0.717) is 23.1 Å². The number of ether oxygens (including phenoxy) is 1. The molecule has 3 aromatic carbocycles. The van der Waals surface area contributed by atoms with Gasteiger partial charge in [0.15, 0.2) is 0 Å². The van der Waals surface area contributed by atoms with Crippen LogP contribution in [0.15, 0.2) is 65.3 Å². The largest absolute Gasteiger partial charge is 0.493 e. The number of hydrogen-bond acceptors (Lipinski definition) is 3. The summed E-state index contributed by atoms with van der Waals surface area (Å²) in [4.78, 5) is 12.8. The van der Waals surface area contributed by atoms with E-state index >= 15 is 0 Å². The monoisotopic (exact) mass is 473 g/mol. The van der Waals surface area contributed by atoms with Crippen LogP contribution in [0.25, 0.3) is 27.7 Å². The van der Waals surface area contributed by atoms with Crippen molar-refractivity contribution >= 4 is 39.7 Å². The molecule has 34 heavy (non-hydrogen) atoms. The maximum Gasteiger partial charge on any atom is 0.248 e. The number of anilines is 1. The summed E-state index contributed by atoms with van der Waals surface area (Å²) in [6.45, 7) is 10.5. The molecule has 0 saturated carbocycles. The molecule has 0 aliphatic rings. The van der Waals surface area contributed by atoms with E-state index < -0.39 is 0 Å². The van der Waals surface area contributed by atoms with Crippen molar-refractivity contribution in [3.8, 4) is 16.9 Å². The summed E-state index contributed by atoms with van der Waals surface area (Å²) in [6.07, 6.45) is 3.36. The Morgan fingerprint density at radius 2 is 1.82 bits per heavy atom.